The van der Waals surface area contributed by atoms with Gasteiger partial charge in [0.05, 0.1) is 6.04 Å². The van der Waals surface area contributed by atoms with E-state index in [0.717, 1.165) is 24.6 Å². The highest BCUT2D eigenvalue weighted by Crippen LogP contribution is 2.26. The van der Waals surface area contributed by atoms with Gasteiger partial charge >= 0.3 is 0 Å². The third-order valence-electron chi connectivity index (χ3n) is 3.67. The highest BCUT2D eigenvalue weighted by Gasteiger charge is 2.26. The second-order valence-corrected chi connectivity index (χ2v) is 5.69. The van der Waals surface area contributed by atoms with Crippen LogP contribution in [0.4, 0.5) is 0 Å². The molecule has 2 unspecified atom stereocenters. The van der Waals surface area contributed by atoms with Gasteiger partial charge in [-0.25, -0.2) is 0 Å². The van der Waals surface area contributed by atoms with Crippen LogP contribution in [0.1, 0.15) is 43.7 Å². The second-order valence-electron chi connectivity index (χ2n) is 5.69. The third-order valence-corrected chi connectivity index (χ3v) is 3.67. The van der Waals surface area contributed by atoms with Gasteiger partial charge in [0.15, 0.2) is 0 Å². The van der Waals surface area contributed by atoms with Crippen molar-refractivity contribution >= 4 is 5.91 Å². The van der Waals surface area contributed by atoms with E-state index in [1.807, 2.05) is 26.0 Å². The Hall–Kier alpha value is -1.33. The molecule has 1 aliphatic heterocycles. The summed E-state index contributed by atoms with van der Waals surface area (Å²) in [6.07, 6.45) is 2.79. The maximum atomic E-state index is 11.8. The van der Waals surface area contributed by atoms with Crippen LogP contribution in [0.2, 0.25) is 0 Å². The summed E-state index contributed by atoms with van der Waals surface area (Å²) in [5, 5.41) is 2.98. The number of furan rings is 1. The molecule has 2 atom stereocenters. The molecule has 1 amide bonds. The third kappa shape index (κ3) is 4.08. The summed E-state index contributed by atoms with van der Waals surface area (Å²) in [6, 6.07) is 4.01. The quantitative estimate of drug-likeness (QED) is 0.829. The molecule has 2 rings (SSSR count). The van der Waals surface area contributed by atoms with Gasteiger partial charge in [0.1, 0.15) is 11.5 Å². The van der Waals surface area contributed by atoms with Crippen LogP contribution >= 0.6 is 0 Å². The van der Waals surface area contributed by atoms with Crippen LogP contribution in [0.3, 0.4) is 0 Å². The van der Waals surface area contributed by atoms with Crippen molar-refractivity contribution in [1.29, 1.82) is 0 Å². The number of hydrogen-bond acceptors (Lipinski definition) is 4. The molecule has 5 heteroatoms. The van der Waals surface area contributed by atoms with Crippen molar-refractivity contribution in [3.8, 4) is 0 Å². The van der Waals surface area contributed by atoms with Crippen LogP contribution in [0.5, 0.6) is 0 Å². The first-order valence-corrected chi connectivity index (χ1v) is 7.39. The Kier molecular flexibility index (Phi) is 5.20. The van der Waals surface area contributed by atoms with E-state index in [1.54, 1.807) is 0 Å². The zero-order chi connectivity index (χ0) is 14.5. The Morgan fingerprint density at radius 1 is 1.45 bits per heavy atom. The summed E-state index contributed by atoms with van der Waals surface area (Å²) in [6.45, 7) is 6.49. The minimum Gasteiger partial charge on any atom is -0.465 e. The number of amides is 1. The number of carbonyl (C=O) groups excluding carboxylic acids is 1. The second kappa shape index (κ2) is 6.90. The number of carbonyl (C=O) groups is 1. The number of likely N-dealkylation sites (tertiary alicyclic amines) is 1. The van der Waals surface area contributed by atoms with E-state index in [9.17, 15) is 4.79 Å². The van der Waals surface area contributed by atoms with Crippen LogP contribution < -0.4 is 11.1 Å². The molecule has 2 heterocycles. The van der Waals surface area contributed by atoms with Gasteiger partial charge in [0, 0.05) is 19.0 Å². The fourth-order valence-electron chi connectivity index (χ4n) is 2.67. The molecule has 3 N–H and O–H groups in total. The molecule has 0 radical (unpaired) electrons. The lowest BCUT2D eigenvalue weighted by atomic mass is 10.2. The SMILES string of the molecule is Cc1ccc(C(CNC(=O)CC(C)N)N2CCCC2)o1. The van der Waals surface area contributed by atoms with Crippen molar-refractivity contribution in [3.63, 3.8) is 0 Å². The smallest absolute Gasteiger partial charge is 0.221 e. The van der Waals surface area contributed by atoms with Crippen LogP contribution in [0.25, 0.3) is 0 Å². The van der Waals surface area contributed by atoms with Crippen LogP contribution in [-0.4, -0.2) is 36.5 Å². The molecule has 1 aromatic heterocycles. The predicted octanol–water partition coefficient (Wildman–Crippen LogP) is 1.58. The number of rotatable bonds is 6. The van der Waals surface area contributed by atoms with Crippen molar-refractivity contribution < 1.29 is 9.21 Å². The summed E-state index contributed by atoms with van der Waals surface area (Å²) in [7, 11) is 0. The Balaban J connectivity index is 1.98. The van der Waals surface area contributed by atoms with Gasteiger partial charge in [-0.3, -0.25) is 9.69 Å². The highest BCUT2D eigenvalue weighted by atomic mass is 16.3. The summed E-state index contributed by atoms with van der Waals surface area (Å²) < 4.78 is 5.75. The van der Waals surface area contributed by atoms with E-state index in [-0.39, 0.29) is 18.0 Å². The van der Waals surface area contributed by atoms with E-state index in [4.69, 9.17) is 10.2 Å². The van der Waals surface area contributed by atoms with Crippen LogP contribution in [0.15, 0.2) is 16.5 Å². The van der Waals surface area contributed by atoms with Crippen molar-refractivity contribution in [2.24, 2.45) is 5.73 Å². The predicted molar refractivity (Wildman–Crippen MR) is 78.3 cm³/mol. The molecule has 5 nitrogen and oxygen atoms in total. The molecule has 0 aromatic carbocycles. The minimum absolute atomic E-state index is 0.00692. The first kappa shape index (κ1) is 15.1. The van der Waals surface area contributed by atoms with Crippen molar-refractivity contribution in [3.05, 3.63) is 23.7 Å². The Bertz CT molecular complexity index is 436. The largest absolute Gasteiger partial charge is 0.465 e. The van der Waals surface area contributed by atoms with Gasteiger partial charge in [0.25, 0.3) is 0 Å². The first-order valence-electron chi connectivity index (χ1n) is 7.39. The number of aryl methyl sites for hydroxylation is 1. The maximum Gasteiger partial charge on any atom is 0.221 e. The van der Waals surface area contributed by atoms with Crippen molar-refractivity contribution in [2.45, 2.75) is 45.2 Å². The van der Waals surface area contributed by atoms with Crippen LogP contribution in [0, 0.1) is 6.92 Å². The Labute approximate surface area is 120 Å². The summed E-state index contributed by atoms with van der Waals surface area (Å²) in [4.78, 5) is 14.1. The van der Waals surface area contributed by atoms with Crippen molar-refractivity contribution in [1.82, 2.24) is 10.2 Å². The molecule has 20 heavy (non-hydrogen) atoms. The fraction of sp³-hybridized carbons (Fsp3) is 0.667. The zero-order valence-electron chi connectivity index (χ0n) is 12.4. The molecule has 0 saturated carbocycles. The average molecular weight is 279 g/mol. The molecule has 1 aromatic rings. The number of nitrogens with one attached hydrogen (secondary N) is 1. The van der Waals surface area contributed by atoms with E-state index in [1.165, 1.54) is 12.8 Å². The fourth-order valence-corrected chi connectivity index (χ4v) is 2.67. The molecular formula is C15H25N3O2. The molecular weight excluding hydrogens is 254 g/mol. The zero-order valence-corrected chi connectivity index (χ0v) is 12.4. The van der Waals surface area contributed by atoms with Gasteiger partial charge in [-0.05, 0) is 51.9 Å². The normalized spacial score (nSPS) is 18.9. The van der Waals surface area contributed by atoms with Gasteiger partial charge in [-0.15, -0.1) is 0 Å². The monoisotopic (exact) mass is 279 g/mol. The molecule has 1 fully saturated rings. The van der Waals surface area contributed by atoms with E-state index in [0.29, 0.717) is 13.0 Å². The van der Waals surface area contributed by atoms with Gasteiger partial charge in [-0.2, -0.15) is 0 Å². The molecule has 1 aliphatic rings. The maximum absolute atomic E-state index is 11.8. The standard InChI is InChI=1S/C15H25N3O2/c1-11(16)9-15(19)17-10-13(18-7-3-4-8-18)14-6-5-12(2)20-14/h5-6,11,13H,3-4,7-10,16H2,1-2H3,(H,17,19). The summed E-state index contributed by atoms with van der Waals surface area (Å²) >= 11 is 0. The van der Waals surface area contributed by atoms with Crippen LogP contribution in [-0.2, 0) is 4.79 Å². The summed E-state index contributed by atoms with van der Waals surface area (Å²) in [5.74, 6) is 1.85. The molecule has 0 spiro atoms. The Morgan fingerprint density at radius 3 is 2.70 bits per heavy atom. The average Bonchev–Trinajstić information content (AvgIpc) is 3.01. The minimum atomic E-state index is -0.105. The van der Waals surface area contributed by atoms with E-state index >= 15 is 0 Å². The lowest BCUT2D eigenvalue weighted by Crippen LogP contribution is -2.38. The van der Waals surface area contributed by atoms with Crippen molar-refractivity contribution in [2.75, 3.05) is 19.6 Å². The lowest BCUT2D eigenvalue weighted by molar-refractivity contribution is -0.121. The molecule has 1 saturated heterocycles. The number of nitrogens with two attached hydrogens (primary N) is 1. The summed E-state index contributed by atoms with van der Waals surface area (Å²) in [5.41, 5.74) is 5.65. The Morgan fingerprint density at radius 2 is 2.15 bits per heavy atom. The van der Waals surface area contributed by atoms with Gasteiger partial charge in [-0.1, -0.05) is 0 Å². The van der Waals surface area contributed by atoms with E-state index < -0.39 is 0 Å². The van der Waals surface area contributed by atoms with E-state index in [2.05, 4.69) is 10.2 Å². The van der Waals surface area contributed by atoms with Gasteiger partial charge < -0.3 is 15.5 Å². The molecule has 112 valence electrons. The molecule has 0 aliphatic carbocycles. The topological polar surface area (TPSA) is 71.5 Å². The molecule has 0 bridgehead atoms. The van der Waals surface area contributed by atoms with Gasteiger partial charge in [0.2, 0.25) is 5.91 Å². The lowest BCUT2D eigenvalue weighted by Gasteiger charge is -2.26. The number of hydrogen-bond donors (Lipinski definition) is 2. The highest BCUT2D eigenvalue weighted by molar-refractivity contribution is 5.76. The number of nitrogens with zero attached hydrogens (tertiary/aromatic N) is 1. The first-order chi connectivity index (χ1) is 9.56.